The van der Waals surface area contributed by atoms with Crippen molar-refractivity contribution in [3.05, 3.63) is 47.0 Å². The van der Waals surface area contributed by atoms with Gasteiger partial charge in [-0.15, -0.1) is 0 Å². The highest BCUT2D eigenvalue weighted by molar-refractivity contribution is 6.13. The fourth-order valence-electron chi connectivity index (χ4n) is 4.16. The van der Waals surface area contributed by atoms with Crippen LogP contribution < -0.4 is 0 Å². The summed E-state index contributed by atoms with van der Waals surface area (Å²) in [5.74, 6) is -2.03. The van der Waals surface area contributed by atoms with Gasteiger partial charge in [0.2, 0.25) is 0 Å². The number of benzene rings is 2. The molecule has 2 aliphatic rings. The molecule has 0 heterocycles. The molecule has 0 saturated heterocycles. The van der Waals surface area contributed by atoms with Crippen LogP contribution in [0.2, 0.25) is 0 Å². The van der Waals surface area contributed by atoms with Crippen molar-refractivity contribution in [1.29, 1.82) is 0 Å². The predicted molar refractivity (Wildman–Crippen MR) is 87.3 cm³/mol. The highest BCUT2D eigenvalue weighted by Gasteiger charge is 2.51. The third-order valence-electron chi connectivity index (χ3n) is 5.00. The molecule has 0 spiro atoms. The highest BCUT2D eigenvalue weighted by atomic mass is 16.3. The Bertz CT molecular complexity index is 956. The molecular weight excluding hydrogens is 308 g/mol. The second-order valence-corrected chi connectivity index (χ2v) is 6.77. The summed E-state index contributed by atoms with van der Waals surface area (Å²) in [5.41, 5.74) is -0.368. The number of phenolic OH excluding ortho intramolecular Hbond substituents is 2. The molecule has 0 saturated carbocycles. The van der Waals surface area contributed by atoms with E-state index in [1.54, 1.807) is 25.1 Å². The van der Waals surface area contributed by atoms with E-state index in [0.29, 0.717) is 10.9 Å². The Hall–Kier alpha value is -2.66. The molecule has 2 aliphatic carbocycles. The lowest BCUT2D eigenvalue weighted by molar-refractivity contribution is -0.123. The minimum absolute atomic E-state index is 0.0278. The lowest BCUT2D eigenvalue weighted by Gasteiger charge is -2.42. The molecule has 2 aromatic rings. The molecule has 0 amide bonds. The monoisotopic (exact) mass is 324 g/mol. The Morgan fingerprint density at radius 2 is 1.92 bits per heavy atom. The average molecular weight is 324 g/mol. The van der Waals surface area contributed by atoms with Crippen LogP contribution in [0, 0.1) is 0 Å². The number of hydrogen-bond donors (Lipinski definition) is 3. The summed E-state index contributed by atoms with van der Waals surface area (Å²) >= 11 is 0. The first-order valence-corrected chi connectivity index (χ1v) is 7.76. The SMILES string of the molecule is CC1=CC(=O)[C@@H]2c3cc4cccc(O)c4c(O)c3C(=O)C[C@]2(O)C1. The van der Waals surface area contributed by atoms with Gasteiger partial charge >= 0.3 is 0 Å². The Morgan fingerprint density at radius 3 is 2.67 bits per heavy atom. The van der Waals surface area contributed by atoms with Gasteiger partial charge in [0.25, 0.3) is 0 Å². The van der Waals surface area contributed by atoms with Gasteiger partial charge in [0.1, 0.15) is 11.5 Å². The summed E-state index contributed by atoms with van der Waals surface area (Å²) in [7, 11) is 0. The number of phenols is 2. The van der Waals surface area contributed by atoms with E-state index in [1.807, 2.05) is 0 Å². The normalized spacial score (nSPS) is 26.1. The molecule has 2 aromatic carbocycles. The van der Waals surface area contributed by atoms with Crippen LogP contribution in [0.4, 0.5) is 0 Å². The highest BCUT2D eigenvalue weighted by Crippen LogP contribution is 2.50. The van der Waals surface area contributed by atoms with Crippen LogP contribution in [0.3, 0.4) is 0 Å². The predicted octanol–water partition coefficient (Wildman–Crippen LogP) is 2.57. The average Bonchev–Trinajstić information content (AvgIpc) is 2.44. The van der Waals surface area contributed by atoms with Crippen molar-refractivity contribution in [3.63, 3.8) is 0 Å². The summed E-state index contributed by atoms with van der Waals surface area (Å²) in [6.45, 7) is 1.75. The van der Waals surface area contributed by atoms with Gasteiger partial charge in [-0.2, -0.15) is 0 Å². The summed E-state index contributed by atoms with van der Waals surface area (Å²) in [6, 6.07) is 6.34. The van der Waals surface area contributed by atoms with E-state index in [-0.39, 0.29) is 41.1 Å². The van der Waals surface area contributed by atoms with Crippen LogP contribution in [0.1, 0.15) is 41.6 Å². The number of carbonyl (C=O) groups excluding carboxylic acids is 2. The van der Waals surface area contributed by atoms with Gasteiger partial charge < -0.3 is 15.3 Å². The molecule has 122 valence electrons. The Kier molecular flexibility index (Phi) is 2.90. The first kappa shape index (κ1) is 14.9. The van der Waals surface area contributed by atoms with Crippen molar-refractivity contribution in [2.75, 3.05) is 0 Å². The van der Waals surface area contributed by atoms with Crippen molar-refractivity contribution in [2.24, 2.45) is 0 Å². The van der Waals surface area contributed by atoms with Crippen LogP contribution in [-0.2, 0) is 4.79 Å². The van der Waals surface area contributed by atoms with Crippen LogP contribution in [0.15, 0.2) is 35.9 Å². The summed E-state index contributed by atoms with van der Waals surface area (Å²) in [5, 5.41) is 32.2. The maximum atomic E-state index is 12.6. The molecule has 0 aliphatic heterocycles. The lowest BCUT2D eigenvalue weighted by atomic mass is 9.64. The van der Waals surface area contributed by atoms with Crippen LogP contribution >= 0.6 is 0 Å². The number of hydrogen-bond acceptors (Lipinski definition) is 5. The summed E-state index contributed by atoms with van der Waals surface area (Å²) in [6.07, 6.45) is 1.50. The second kappa shape index (κ2) is 4.68. The number of fused-ring (bicyclic) bond motifs is 4. The fraction of sp³-hybridized carbons (Fsp3) is 0.263. The van der Waals surface area contributed by atoms with E-state index in [1.165, 1.54) is 12.1 Å². The minimum atomic E-state index is -1.46. The number of allylic oxidation sites excluding steroid dienone is 1. The number of rotatable bonds is 0. The second-order valence-electron chi connectivity index (χ2n) is 6.77. The third kappa shape index (κ3) is 1.85. The van der Waals surface area contributed by atoms with Crippen molar-refractivity contribution in [1.82, 2.24) is 0 Å². The Morgan fingerprint density at radius 1 is 1.17 bits per heavy atom. The molecule has 24 heavy (non-hydrogen) atoms. The number of aromatic hydroxyl groups is 2. The zero-order chi connectivity index (χ0) is 17.2. The van der Waals surface area contributed by atoms with Gasteiger partial charge in [0.05, 0.1) is 22.5 Å². The van der Waals surface area contributed by atoms with E-state index in [2.05, 4.69) is 0 Å². The van der Waals surface area contributed by atoms with Gasteiger partial charge in [-0.05, 0) is 42.5 Å². The van der Waals surface area contributed by atoms with Gasteiger partial charge in [-0.1, -0.05) is 17.7 Å². The van der Waals surface area contributed by atoms with Gasteiger partial charge in [0, 0.05) is 6.42 Å². The molecule has 3 N–H and O–H groups in total. The standard InChI is InChI=1S/C19H16O5/c1-9-5-13(21)17-11-6-10-3-2-4-12(20)15(10)18(23)16(11)14(22)8-19(17,24)7-9/h2-6,17,20,23-24H,7-8H2,1H3/t17-,19+/m0/s1. The van der Waals surface area contributed by atoms with Crippen molar-refractivity contribution in [3.8, 4) is 11.5 Å². The Labute approximate surface area is 137 Å². The van der Waals surface area contributed by atoms with Crippen LogP contribution in [0.5, 0.6) is 11.5 Å². The summed E-state index contributed by atoms with van der Waals surface area (Å²) < 4.78 is 0. The zero-order valence-electron chi connectivity index (χ0n) is 13.0. The molecule has 0 fully saturated rings. The van der Waals surface area contributed by atoms with Crippen molar-refractivity contribution in [2.45, 2.75) is 31.3 Å². The topological polar surface area (TPSA) is 94.8 Å². The number of aliphatic hydroxyl groups is 1. The molecule has 2 atom stereocenters. The molecule has 0 aromatic heterocycles. The van der Waals surface area contributed by atoms with Gasteiger partial charge in [-0.25, -0.2) is 0 Å². The summed E-state index contributed by atoms with van der Waals surface area (Å²) in [4.78, 5) is 25.2. The van der Waals surface area contributed by atoms with Crippen molar-refractivity contribution < 1.29 is 24.9 Å². The smallest absolute Gasteiger partial charge is 0.169 e. The van der Waals surface area contributed by atoms with E-state index < -0.39 is 17.3 Å². The molecule has 0 unspecified atom stereocenters. The molecule has 5 heteroatoms. The number of ketones is 2. The quantitative estimate of drug-likeness (QED) is 0.692. The van der Waals surface area contributed by atoms with Crippen LogP contribution in [-0.4, -0.2) is 32.5 Å². The molecule has 0 radical (unpaired) electrons. The number of Topliss-reactive ketones (excluding diaryl/α,β-unsaturated/α-hetero) is 1. The maximum absolute atomic E-state index is 12.6. The van der Waals surface area contributed by atoms with E-state index in [0.717, 1.165) is 5.57 Å². The minimum Gasteiger partial charge on any atom is -0.507 e. The van der Waals surface area contributed by atoms with E-state index in [9.17, 15) is 24.9 Å². The van der Waals surface area contributed by atoms with Crippen molar-refractivity contribution >= 4 is 22.3 Å². The molecular formula is C19H16O5. The van der Waals surface area contributed by atoms with Crippen LogP contribution in [0.25, 0.3) is 10.8 Å². The van der Waals surface area contributed by atoms with Gasteiger partial charge in [0.15, 0.2) is 11.6 Å². The molecule has 5 nitrogen and oxygen atoms in total. The third-order valence-corrected chi connectivity index (χ3v) is 5.00. The van der Waals surface area contributed by atoms with Gasteiger partial charge in [-0.3, -0.25) is 9.59 Å². The maximum Gasteiger partial charge on any atom is 0.169 e. The molecule has 4 rings (SSSR count). The fourth-order valence-corrected chi connectivity index (χ4v) is 4.16. The largest absolute Gasteiger partial charge is 0.507 e. The zero-order valence-corrected chi connectivity index (χ0v) is 13.0. The van der Waals surface area contributed by atoms with E-state index >= 15 is 0 Å². The first-order valence-electron chi connectivity index (χ1n) is 7.76. The first-order chi connectivity index (χ1) is 11.3. The molecule has 0 bridgehead atoms. The number of carbonyl (C=O) groups is 2. The Balaban J connectivity index is 2.08. The lowest BCUT2D eigenvalue weighted by Crippen LogP contribution is -2.48. The van der Waals surface area contributed by atoms with E-state index in [4.69, 9.17) is 0 Å².